The molecule has 0 fully saturated rings. The Morgan fingerprint density at radius 2 is 2.30 bits per heavy atom. The molecule has 1 aromatic carbocycles. The lowest BCUT2D eigenvalue weighted by atomic mass is 10.1. The van der Waals surface area contributed by atoms with Crippen molar-refractivity contribution < 1.29 is 14.3 Å². The fourth-order valence-corrected chi connectivity index (χ4v) is 2.25. The molecule has 106 valence electrons. The summed E-state index contributed by atoms with van der Waals surface area (Å²) in [6, 6.07) is 4.01. The highest BCUT2D eigenvalue weighted by molar-refractivity contribution is 9.10. The summed E-state index contributed by atoms with van der Waals surface area (Å²) in [5.41, 5.74) is 0.230. The summed E-state index contributed by atoms with van der Waals surface area (Å²) in [4.78, 5) is 10.9. The highest BCUT2D eigenvalue weighted by atomic mass is 79.9. The lowest BCUT2D eigenvalue weighted by molar-refractivity contribution is -0.138. The van der Waals surface area contributed by atoms with Gasteiger partial charge >= 0.3 is 5.97 Å². The molecule has 1 atom stereocenters. The van der Waals surface area contributed by atoms with Crippen molar-refractivity contribution in [1.82, 2.24) is 20.2 Å². The molecule has 1 unspecified atom stereocenters. The minimum Gasteiger partial charge on any atom is -0.481 e. The molecule has 8 heteroatoms. The smallest absolute Gasteiger partial charge is 0.305 e. The Labute approximate surface area is 122 Å². The van der Waals surface area contributed by atoms with Crippen LogP contribution in [0.2, 0.25) is 0 Å². The molecule has 20 heavy (non-hydrogen) atoms. The molecule has 0 saturated heterocycles. The summed E-state index contributed by atoms with van der Waals surface area (Å²) in [6.07, 6.45) is 0.407. The molecule has 2 rings (SSSR count). The van der Waals surface area contributed by atoms with Gasteiger partial charge < -0.3 is 5.11 Å². The molecule has 0 saturated carbocycles. The molecule has 1 N–H and O–H groups in total. The van der Waals surface area contributed by atoms with Crippen LogP contribution in [0.15, 0.2) is 22.7 Å². The van der Waals surface area contributed by atoms with E-state index in [2.05, 4.69) is 31.5 Å². The molecular formula is C12H12BrFN4O2. The van der Waals surface area contributed by atoms with Crippen LogP contribution in [0.25, 0.3) is 11.4 Å². The molecule has 0 bridgehead atoms. The van der Waals surface area contributed by atoms with Gasteiger partial charge in [0, 0.05) is 4.47 Å². The Hall–Kier alpha value is -1.83. The summed E-state index contributed by atoms with van der Waals surface area (Å²) in [7, 11) is 0. The Kier molecular flexibility index (Phi) is 4.43. The second-order valence-electron chi connectivity index (χ2n) is 4.23. The summed E-state index contributed by atoms with van der Waals surface area (Å²) in [5, 5.41) is 20.1. The van der Waals surface area contributed by atoms with Crippen molar-refractivity contribution in [2.24, 2.45) is 0 Å². The summed E-state index contributed by atoms with van der Waals surface area (Å²) < 4.78 is 15.9. The summed E-state index contributed by atoms with van der Waals surface area (Å²) >= 11 is 3.26. The fraction of sp³-hybridized carbons (Fsp3) is 0.333. The van der Waals surface area contributed by atoms with Gasteiger partial charge in [-0.05, 0) is 35.0 Å². The Bertz CT molecular complexity index is 632. The first-order valence-corrected chi connectivity index (χ1v) is 6.77. The molecule has 1 aromatic heterocycles. The predicted octanol–water partition coefficient (Wildman–Crippen LogP) is 2.67. The van der Waals surface area contributed by atoms with Gasteiger partial charge in [0.25, 0.3) is 0 Å². The molecule has 1 heterocycles. The van der Waals surface area contributed by atoms with Crippen LogP contribution in [0.4, 0.5) is 4.39 Å². The van der Waals surface area contributed by atoms with Crippen molar-refractivity contribution in [3.8, 4) is 11.4 Å². The lowest BCUT2D eigenvalue weighted by Crippen LogP contribution is -2.16. The van der Waals surface area contributed by atoms with E-state index in [1.165, 1.54) is 10.7 Å². The molecule has 0 aliphatic heterocycles. The largest absolute Gasteiger partial charge is 0.481 e. The van der Waals surface area contributed by atoms with Crippen LogP contribution >= 0.6 is 15.9 Å². The highest BCUT2D eigenvalue weighted by Gasteiger charge is 2.21. The number of carboxylic acid groups (broad SMARTS) is 1. The van der Waals surface area contributed by atoms with Gasteiger partial charge in [-0.2, -0.15) is 0 Å². The standard InChI is InChI=1S/C12H12BrFN4O2/c1-2-8(6-11(19)20)18-12(15-16-17-18)9-5-7(13)3-4-10(9)14/h3-5,8H,2,6H2,1H3,(H,19,20). The third kappa shape index (κ3) is 3.01. The predicted molar refractivity (Wildman–Crippen MR) is 72.5 cm³/mol. The number of benzene rings is 1. The van der Waals surface area contributed by atoms with Crippen LogP contribution < -0.4 is 0 Å². The maximum Gasteiger partial charge on any atom is 0.305 e. The second-order valence-corrected chi connectivity index (χ2v) is 5.15. The van der Waals surface area contributed by atoms with Crippen molar-refractivity contribution in [1.29, 1.82) is 0 Å². The summed E-state index contributed by atoms with van der Waals surface area (Å²) in [6.45, 7) is 1.83. The number of hydrogen-bond acceptors (Lipinski definition) is 4. The van der Waals surface area contributed by atoms with Crippen molar-refractivity contribution in [2.75, 3.05) is 0 Å². The normalized spacial score (nSPS) is 12.3. The van der Waals surface area contributed by atoms with E-state index in [9.17, 15) is 9.18 Å². The first-order chi connectivity index (χ1) is 9.52. The Balaban J connectivity index is 2.46. The van der Waals surface area contributed by atoms with Crippen LogP contribution in [0, 0.1) is 5.82 Å². The van der Waals surface area contributed by atoms with Crippen LogP contribution in [-0.4, -0.2) is 31.3 Å². The summed E-state index contributed by atoms with van der Waals surface area (Å²) in [5.74, 6) is -1.20. The van der Waals surface area contributed by atoms with E-state index < -0.39 is 17.8 Å². The second kappa shape index (κ2) is 6.08. The SMILES string of the molecule is CCC(CC(=O)O)n1nnnc1-c1cc(Br)ccc1F. The van der Waals surface area contributed by atoms with Gasteiger partial charge in [-0.1, -0.05) is 22.9 Å². The first kappa shape index (κ1) is 14.6. The van der Waals surface area contributed by atoms with E-state index in [1.807, 2.05) is 6.92 Å². The molecule has 0 aliphatic rings. The van der Waals surface area contributed by atoms with Crippen molar-refractivity contribution in [2.45, 2.75) is 25.8 Å². The van der Waals surface area contributed by atoms with Gasteiger partial charge in [0.05, 0.1) is 18.0 Å². The molecule has 0 spiro atoms. The van der Waals surface area contributed by atoms with Gasteiger partial charge in [-0.15, -0.1) is 5.10 Å². The Morgan fingerprint density at radius 1 is 1.55 bits per heavy atom. The maximum absolute atomic E-state index is 13.9. The third-order valence-electron chi connectivity index (χ3n) is 2.89. The first-order valence-electron chi connectivity index (χ1n) is 5.98. The van der Waals surface area contributed by atoms with Gasteiger partial charge in [0.2, 0.25) is 0 Å². The van der Waals surface area contributed by atoms with E-state index in [-0.39, 0.29) is 17.8 Å². The molecule has 0 amide bonds. The average molecular weight is 343 g/mol. The molecule has 6 nitrogen and oxygen atoms in total. The maximum atomic E-state index is 13.9. The molecular weight excluding hydrogens is 331 g/mol. The van der Waals surface area contributed by atoms with Crippen LogP contribution in [0.5, 0.6) is 0 Å². The van der Waals surface area contributed by atoms with Gasteiger partial charge in [0.15, 0.2) is 5.82 Å². The van der Waals surface area contributed by atoms with Gasteiger partial charge in [-0.3, -0.25) is 4.79 Å². The minimum atomic E-state index is -0.951. The quantitative estimate of drug-likeness (QED) is 0.903. The lowest BCUT2D eigenvalue weighted by Gasteiger charge is -2.14. The van der Waals surface area contributed by atoms with Gasteiger partial charge in [-0.25, -0.2) is 9.07 Å². The zero-order chi connectivity index (χ0) is 14.7. The topological polar surface area (TPSA) is 80.9 Å². The monoisotopic (exact) mass is 342 g/mol. The zero-order valence-electron chi connectivity index (χ0n) is 10.6. The number of tetrazole rings is 1. The van der Waals surface area contributed by atoms with Gasteiger partial charge in [0.1, 0.15) is 5.82 Å². The number of nitrogens with zero attached hydrogens (tertiary/aromatic N) is 4. The van der Waals surface area contributed by atoms with E-state index >= 15 is 0 Å². The van der Waals surface area contributed by atoms with E-state index in [4.69, 9.17) is 5.11 Å². The number of rotatable bonds is 5. The van der Waals surface area contributed by atoms with Crippen LogP contribution in [-0.2, 0) is 4.79 Å². The fourth-order valence-electron chi connectivity index (χ4n) is 1.89. The van der Waals surface area contributed by atoms with Crippen LogP contribution in [0.3, 0.4) is 0 Å². The van der Waals surface area contributed by atoms with E-state index in [0.717, 1.165) is 0 Å². The minimum absolute atomic E-state index is 0.121. The molecule has 2 aromatic rings. The zero-order valence-corrected chi connectivity index (χ0v) is 12.2. The van der Waals surface area contributed by atoms with Crippen LogP contribution in [0.1, 0.15) is 25.8 Å². The van der Waals surface area contributed by atoms with Crippen molar-refractivity contribution in [3.05, 3.63) is 28.5 Å². The van der Waals surface area contributed by atoms with Crippen molar-refractivity contribution >= 4 is 21.9 Å². The Morgan fingerprint density at radius 3 is 2.95 bits per heavy atom. The third-order valence-corrected chi connectivity index (χ3v) is 3.38. The van der Waals surface area contributed by atoms with Crippen molar-refractivity contribution in [3.63, 3.8) is 0 Å². The molecule has 0 radical (unpaired) electrons. The number of aliphatic carboxylic acids is 1. The van der Waals surface area contributed by atoms with E-state index in [0.29, 0.717) is 10.9 Å². The molecule has 0 aliphatic carbocycles. The number of carboxylic acids is 1. The highest BCUT2D eigenvalue weighted by Crippen LogP contribution is 2.27. The van der Waals surface area contributed by atoms with E-state index in [1.54, 1.807) is 12.1 Å². The number of carbonyl (C=O) groups is 1. The average Bonchev–Trinajstić information content (AvgIpc) is 2.87. The number of hydrogen-bond donors (Lipinski definition) is 1. The number of aromatic nitrogens is 4. The number of halogens is 2.